The Kier molecular flexibility index (Phi) is 3.49. The lowest BCUT2D eigenvalue weighted by atomic mass is 10.1. The summed E-state index contributed by atoms with van der Waals surface area (Å²) >= 11 is 2.85. The van der Waals surface area contributed by atoms with Crippen molar-refractivity contribution in [1.82, 2.24) is 0 Å². The van der Waals surface area contributed by atoms with Crippen molar-refractivity contribution in [3.63, 3.8) is 0 Å². The van der Waals surface area contributed by atoms with Crippen LogP contribution in [0, 0.1) is 0 Å². The highest BCUT2D eigenvalue weighted by Crippen LogP contribution is 2.37. The van der Waals surface area contributed by atoms with E-state index in [-0.39, 0.29) is 0 Å². The zero-order chi connectivity index (χ0) is 10.9. The molecule has 0 radical (unpaired) electrons. The highest BCUT2D eigenvalue weighted by molar-refractivity contribution is 9.10. The largest absolute Gasteiger partial charge is 0.420 e. The third-order valence-electron chi connectivity index (χ3n) is 1.83. The van der Waals surface area contributed by atoms with Gasteiger partial charge in [0.15, 0.2) is 6.10 Å². The number of aliphatic hydroxyl groups is 3. The Hall–Kier alpha value is -0.210. The summed E-state index contributed by atoms with van der Waals surface area (Å²) in [7, 11) is 0. The Morgan fingerprint density at radius 1 is 1.64 bits per heavy atom. The molecule has 4 atom stereocenters. The van der Waals surface area contributed by atoms with Crippen LogP contribution in [0.2, 0.25) is 0 Å². The first-order chi connectivity index (χ1) is 6.40. The van der Waals surface area contributed by atoms with E-state index in [1.807, 2.05) is 0 Å². The lowest BCUT2D eigenvalue weighted by Crippen LogP contribution is -2.41. The molecule has 6 nitrogen and oxygen atoms in total. The third kappa shape index (κ3) is 2.06. The topological polar surface area (TPSA) is 96.2 Å². The summed E-state index contributed by atoms with van der Waals surface area (Å²) in [6, 6.07) is 0. The lowest BCUT2D eigenvalue weighted by Gasteiger charge is -2.24. The summed E-state index contributed by atoms with van der Waals surface area (Å²) in [5.41, 5.74) is 0. The first-order valence-electron chi connectivity index (χ1n) is 3.94. The van der Waals surface area contributed by atoms with Gasteiger partial charge in [-0.2, -0.15) is 0 Å². The van der Waals surface area contributed by atoms with Crippen LogP contribution in [0.1, 0.15) is 6.92 Å². The number of hydrogen-bond acceptors (Lipinski definition) is 6. The van der Waals surface area contributed by atoms with Crippen molar-refractivity contribution in [2.24, 2.45) is 0 Å². The molecule has 0 saturated carbocycles. The number of aliphatic hydroxyl groups excluding tert-OH is 3. The van der Waals surface area contributed by atoms with Crippen LogP contribution in [0.25, 0.3) is 0 Å². The minimum atomic E-state index is -1.77. The van der Waals surface area contributed by atoms with E-state index < -0.39 is 35.6 Å². The molecule has 0 aliphatic carbocycles. The highest BCUT2D eigenvalue weighted by atomic mass is 79.9. The first-order valence-corrected chi connectivity index (χ1v) is 4.73. The molecule has 7 heteroatoms. The molecule has 0 aromatic rings. The fourth-order valence-corrected chi connectivity index (χ4v) is 1.92. The molecule has 3 N–H and O–H groups in total. The number of hydrogen-bond donors (Lipinski definition) is 3. The predicted octanol–water partition coefficient (Wildman–Crippen LogP) is -1.29. The Bertz CT molecular complexity index is 234. The summed E-state index contributed by atoms with van der Waals surface area (Å²) in [4.78, 5) is 10.7. The van der Waals surface area contributed by atoms with Gasteiger partial charge in [-0.05, 0) is 15.9 Å². The monoisotopic (exact) mass is 270 g/mol. The van der Waals surface area contributed by atoms with Gasteiger partial charge in [-0.15, -0.1) is 0 Å². The van der Waals surface area contributed by atoms with Gasteiger partial charge in [-0.25, -0.2) is 0 Å². The number of alkyl halides is 1. The molecule has 82 valence electrons. The van der Waals surface area contributed by atoms with E-state index in [1.54, 1.807) is 0 Å². The van der Waals surface area contributed by atoms with Crippen molar-refractivity contribution in [2.75, 3.05) is 6.61 Å². The van der Waals surface area contributed by atoms with Gasteiger partial charge in [0, 0.05) is 6.92 Å². The Balaban J connectivity index is 2.76. The van der Waals surface area contributed by atoms with Crippen LogP contribution < -0.4 is 0 Å². The molecule has 14 heavy (non-hydrogen) atoms. The number of carbonyl (C=O) groups is 1. The number of rotatable bonds is 2. The molecule has 1 saturated heterocycles. The van der Waals surface area contributed by atoms with Gasteiger partial charge in [-0.3, -0.25) is 4.79 Å². The molecule has 1 aliphatic rings. The molecule has 0 amide bonds. The SMILES string of the molecule is CC(=O)OC1(Br)O[C@H](CO)[C@@H](O)[C@H]1O. The molecular weight excluding hydrogens is 260 g/mol. The normalized spacial score (nSPS) is 42.5. The Morgan fingerprint density at radius 2 is 2.21 bits per heavy atom. The lowest BCUT2D eigenvalue weighted by molar-refractivity contribution is -0.199. The molecule has 0 spiro atoms. The minimum Gasteiger partial charge on any atom is -0.420 e. The fraction of sp³-hybridized carbons (Fsp3) is 0.857. The van der Waals surface area contributed by atoms with Crippen molar-refractivity contribution < 1.29 is 29.6 Å². The number of ether oxygens (including phenoxy) is 2. The summed E-state index contributed by atoms with van der Waals surface area (Å²) in [6.45, 7) is 0.657. The summed E-state index contributed by atoms with van der Waals surface area (Å²) in [5.74, 6) is -0.674. The Labute approximate surface area is 88.6 Å². The summed E-state index contributed by atoms with van der Waals surface area (Å²) in [6.07, 6.45) is -3.73. The molecule has 1 rings (SSSR count). The van der Waals surface area contributed by atoms with Crippen molar-refractivity contribution in [3.8, 4) is 0 Å². The van der Waals surface area contributed by atoms with Crippen LogP contribution >= 0.6 is 15.9 Å². The average Bonchev–Trinajstić information content (AvgIpc) is 2.29. The molecule has 1 aliphatic heterocycles. The second-order valence-electron chi connectivity index (χ2n) is 2.95. The van der Waals surface area contributed by atoms with E-state index in [9.17, 15) is 15.0 Å². The van der Waals surface area contributed by atoms with Gasteiger partial charge in [-0.1, -0.05) is 0 Å². The van der Waals surface area contributed by atoms with E-state index in [2.05, 4.69) is 20.7 Å². The van der Waals surface area contributed by atoms with Gasteiger partial charge in [0.2, 0.25) is 0 Å². The van der Waals surface area contributed by atoms with Crippen molar-refractivity contribution >= 4 is 21.9 Å². The van der Waals surface area contributed by atoms with Crippen molar-refractivity contribution in [2.45, 2.75) is 29.9 Å². The van der Waals surface area contributed by atoms with Crippen LogP contribution in [0.5, 0.6) is 0 Å². The zero-order valence-corrected chi connectivity index (χ0v) is 8.97. The maximum atomic E-state index is 10.7. The van der Waals surface area contributed by atoms with Crippen LogP contribution in [0.15, 0.2) is 0 Å². The van der Waals surface area contributed by atoms with E-state index in [4.69, 9.17) is 9.84 Å². The predicted molar refractivity (Wildman–Crippen MR) is 47.4 cm³/mol. The number of esters is 1. The van der Waals surface area contributed by atoms with E-state index in [0.717, 1.165) is 6.92 Å². The third-order valence-corrected chi connectivity index (χ3v) is 2.65. The van der Waals surface area contributed by atoms with Crippen LogP contribution in [-0.4, -0.2) is 50.9 Å². The number of carbonyl (C=O) groups excluding carboxylic acids is 1. The standard InChI is InChI=1S/C7H11BrO6/c1-3(10)13-7(8)6(12)5(11)4(2-9)14-7/h4-6,9,11-12H,2H2,1H3/t4-,5-,6-,7?/m1/s1. The molecular formula is C7H11BrO6. The second-order valence-corrected chi connectivity index (χ2v) is 4.06. The zero-order valence-electron chi connectivity index (χ0n) is 7.38. The molecule has 0 bridgehead atoms. The maximum absolute atomic E-state index is 10.7. The molecule has 0 aromatic carbocycles. The van der Waals surface area contributed by atoms with Gasteiger partial charge in [0.25, 0.3) is 4.70 Å². The number of halogens is 1. The smallest absolute Gasteiger partial charge is 0.305 e. The van der Waals surface area contributed by atoms with E-state index in [0.29, 0.717) is 0 Å². The molecule has 1 heterocycles. The van der Waals surface area contributed by atoms with Gasteiger partial charge >= 0.3 is 5.97 Å². The van der Waals surface area contributed by atoms with E-state index >= 15 is 0 Å². The first kappa shape index (κ1) is 11.9. The Morgan fingerprint density at radius 3 is 2.57 bits per heavy atom. The summed E-state index contributed by atoms with van der Waals surface area (Å²) in [5, 5.41) is 27.6. The minimum absolute atomic E-state index is 0.479. The quantitative estimate of drug-likeness (QED) is 0.427. The van der Waals surface area contributed by atoms with Gasteiger partial charge < -0.3 is 24.8 Å². The second kappa shape index (κ2) is 4.11. The van der Waals surface area contributed by atoms with Crippen LogP contribution in [-0.2, 0) is 14.3 Å². The molecule has 0 aromatic heterocycles. The van der Waals surface area contributed by atoms with Gasteiger partial charge in [0.1, 0.15) is 12.2 Å². The van der Waals surface area contributed by atoms with Crippen LogP contribution in [0.4, 0.5) is 0 Å². The van der Waals surface area contributed by atoms with E-state index in [1.165, 1.54) is 0 Å². The average molecular weight is 271 g/mol. The molecule has 1 unspecified atom stereocenters. The van der Waals surface area contributed by atoms with Crippen LogP contribution in [0.3, 0.4) is 0 Å². The fourth-order valence-electron chi connectivity index (χ4n) is 1.18. The van der Waals surface area contributed by atoms with Crippen molar-refractivity contribution in [3.05, 3.63) is 0 Å². The highest BCUT2D eigenvalue weighted by Gasteiger charge is 2.55. The van der Waals surface area contributed by atoms with Gasteiger partial charge in [0.05, 0.1) is 6.61 Å². The summed E-state index contributed by atoms with van der Waals surface area (Å²) < 4.78 is 7.83. The molecule has 1 fully saturated rings. The maximum Gasteiger partial charge on any atom is 0.305 e. The van der Waals surface area contributed by atoms with Crippen molar-refractivity contribution in [1.29, 1.82) is 0 Å².